The number of likely N-dealkylation sites (N-methyl/N-ethyl adjacent to an activating group) is 1. The molecule has 0 atom stereocenters. The van der Waals surface area contributed by atoms with E-state index in [0.717, 1.165) is 10.5 Å². The number of benzene rings is 2. The van der Waals surface area contributed by atoms with Crippen molar-refractivity contribution in [1.82, 2.24) is 4.90 Å². The van der Waals surface area contributed by atoms with Crippen LogP contribution in [0.2, 0.25) is 5.02 Å². The van der Waals surface area contributed by atoms with Crippen LogP contribution in [0.15, 0.2) is 47.4 Å². The van der Waals surface area contributed by atoms with E-state index in [0.29, 0.717) is 6.54 Å². The van der Waals surface area contributed by atoms with Gasteiger partial charge in [0.2, 0.25) is 0 Å². The number of hydrogen-bond donors (Lipinski definition) is 0. The molecule has 0 heterocycles. The van der Waals surface area contributed by atoms with E-state index in [1.165, 1.54) is 18.2 Å². The molecule has 0 fully saturated rings. The molecule has 8 heteroatoms. The molecule has 0 saturated carbocycles. The smallest absolute Gasteiger partial charge is 0.271 e. The molecule has 0 spiro atoms. The molecule has 0 unspecified atom stereocenters. The standard InChI is InChI=1S/C17H17ClN2O4S/c1-19(10-12-3-6-14(25-2)7-4-12)17(21)11-24-16-8-5-13(20(22)23)9-15(16)18/h3-9H,10-11H2,1-2H3. The fourth-order valence-corrected chi connectivity index (χ4v) is 2.70. The number of carbonyl (C=O) groups excluding carboxylic acids is 1. The molecule has 2 aromatic rings. The lowest BCUT2D eigenvalue weighted by molar-refractivity contribution is -0.384. The number of rotatable bonds is 7. The molecule has 0 radical (unpaired) electrons. The first-order valence-corrected chi connectivity index (χ1v) is 8.94. The van der Waals surface area contributed by atoms with Gasteiger partial charge in [-0.1, -0.05) is 23.7 Å². The lowest BCUT2D eigenvalue weighted by Crippen LogP contribution is -2.31. The van der Waals surface area contributed by atoms with Crippen LogP contribution in [0.1, 0.15) is 5.56 Å². The number of thioether (sulfide) groups is 1. The van der Waals surface area contributed by atoms with E-state index in [4.69, 9.17) is 16.3 Å². The Bertz CT molecular complexity index is 768. The van der Waals surface area contributed by atoms with Gasteiger partial charge in [-0.25, -0.2) is 0 Å². The fourth-order valence-electron chi connectivity index (χ4n) is 2.06. The van der Waals surface area contributed by atoms with Crippen LogP contribution < -0.4 is 4.74 Å². The minimum Gasteiger partial charge on any atom is -0.482 e. The van der Waals surface area contributed by atoms with Crippen LogP contribution in [0, 0.1) is 10.1 Å². The van der Waals surface area contributed by atoms with Crippen LogP contribution in [-0.2, 0) is 11.3 Å². The summed E-state index contributed by atoms with van der Waals surface area (Å²) in [6.45, 7) is 0.266. The number of non-ortho nitro benzene ring substituents is 1. The van der Waals surface area contributed by atoms with Gasteiger partial charge in [0.15, 0.2) is 6.61 Å². The van der Waals surface area contributed by atoms with E-state index in [9.17, 15) is 14.9 Å². The van der Waals surface area contributed by atoms with Crippen molar-refractivity contribution in [2.24, 2.45) is 0 Å². The van der Waals surface area contributed by atoms with Crippen LogP contribution >= 0.6 is 23.4 Å². The summed E-state index contributed by atoms with van der Waals surface area (Å²) in [5.41, 5.74) is 0.886. The summed E-state index contributed by atoms with van der Waals surface area (Å²) in [6.07, 6.45) is 2.01. The molecule has 2 rings (SSSR count). The molecule has 1 amide bonds. The van der Waals surface area contributed by atoms with E-state index in [1.54, 1.807) is 23.7 Å². The van der Waals surface area contributed by atoms with Gasteiger partial charge in [0.25, 0.3) is 11.6 Å². The molecule has 0 aliphatic carbocycles. The number of halogens is 1. The van der Waals surface area contributed by atoms with E-state index in [2.05, 4.69) is 0 Å². The first kappa shape index (κ1) is 19.1. The highest BCUT2D eigenvalue weighted by Crippen LogP contribution is 2.28. The van der Waals surface area contributed by atoms with E-state index < -0.39 is 4.92 Å². The maximum Gasteiger partial charge on any atom is 0.271 e. The Morgan fingerprint density at radius 1 is 1.28 bits per heavy atom. The minimum atomic E-state index is -0.545. The zero-order valence-corrected chi connectivity index (χ0v) is 15.3. The molecular weight excluding hydrogens is 364 g/mol. The Labute approximate surface area is 154 Å². The molecular formula is C17H17ClN2O4S. The van der Waals surface area contributed by atoms with Gasteiger partial charge in [-0.3, -0.25) is 14.9 Å². The van der Waals surface area contributed by atoms with E-state index in [-0.39, 0.29) is 29.0 Å². The second-order valence-electron chi connectivity index (χ2n) is 5.26. The van der Waals surface area contributed by atoms with Crippen molar-refractivity contribution in [2.45, 2.75) is 11.4 Å². The molecule has 6 nitrogen and oxygen atoms in total. The summed E-state index contributed by atoms with van der Waals surface area (Å²) < 4.78 is 5.38. The van der Waals surface area contributed by atoms with Crippen molar-refractivity contribution in [3.63, 3.8) is 0 Å². The van der Waals surface area contributed by atoms with Crippen LogP contribution in [-0.4, -0.2) is 35.6 Å². The third-order valence-electron chi connectivity index (χ3n) is 3.48. The lowest BCUT2D eigenvalue weighted by atomic mass is 10.2. The normalized spacial score (nSPS) is 10.4. The van der Waals surface area contributed by atoms with Gasteiger partial charge in [-0.15, -0.1) is 11.8 Å². The van der Waals surface area contributed by atoms with Crippen LogP contribution in [0.3, 0.4) is 0 Å². The van der Waals surface area contributed by atoms with Crippen LogP contribution in [0.25, 0.3) is 0 Å². The first-order chi connectivity index (χ1) is 11.9. The maximum absolute atomic E-state index is 12.2. The van der Waals surface area contributed by atoms with Crippen molar-refractivity contribution in [2.75, 3.05) is 19.9 Å². The molecule has 0 aliphatic rings. The Balaban J connectivity index is 1.91. The molecule has 0 aromatic heterocycles. The van der Waals surface area contributed by atoms with Gasteiger partial charge in [-0.05, 0) is 30.0 Å². The molecule has 2 aromatic carbocycles. The predicted molar refractivity (Wildman–Crippen MR) is 98.3 cm³/mol. The number of nitro groups is 1. The van der Waals surface area contributed by atoms with Gasteiger partial charge in [0.1, 0.15) is 5.75 Å². The third kappa shape index (κ3) is 5.37. The second-order valence-corrected chi connectivity index (χ2v) is 6.55. The van der Waals surface area contributed by atoms with Crippen molar-refractivity contribution >= 4 is 35.0 Å². The van der Waals surface area contributed by atoms with Gasteiger partial charge in [-0.2, -0.15) is 0 Å². The summed E-state index contributed by atoms with van der Waals surface area (Å²) in [4.78, 5) is 25.0. The van der Waals surface area contributed by atoms with Crippen molar-refractivity contribution in [1.29, 1.82) is 0 Å². The molecule has 0 saturated heterocycles. The number of ether oxygens (including phenoxy) is 1. The van der Waals surface area contributed by atoms with Gasteiger partial charge in [0, 0.05) is 30.6 Å². The van der Waals surface area contributed by atoms with Crippen molar-refractivity contribution in [3.05, 3.63) is 63.2 Å². The number of hydrogen-bond acceptors (Lipinski definition) is 5. The summed E-state index contributed by atoms with van der Waals surface area (Å²) in [5.74, 6) is 0.0155. The molecule has 0 aliphatic heterocycles. The molecule has 0 N–H and O–H groups in total. The Kier molecular flexibility index (Phi) is 6.66. The lowest BCUT2D eigenvalue weighted by Gasteiger charge is -2.18. The number of nitrogens with zero attached hydrogens (tertiary/aromatic N) is 2. The average Bonchev–Trinajstić information content (AvgIpc) is 2.60. The summed E-state index contributed by atoms with van der Waals surface area (Å²) >= 11 is 7.60. The Morgan fingerprint density at radius 3 is 2.52 bits per heavy atom. The average molecular weight is 381 g/mol. The predicted octanol–water partition coefficient (Wildman–Crippen LogP) is 4.01. The third-order valence-corrected chi connectivity index (χ3v) is 4.52. The monoisotopic (exact) mass is 380 g/mol. The molecule has 25 heavy (non-hydrogen) atoms. The summed E-state index contributed by atoms with van der Waals surface area (Å²) in [5, 5.41) is 10.8. The van der Waals surface area contributed by atoms with Crippen molar-refractivity contribution < 1.29 is 14.5 Å². The maximum atomic E-state index is 12.2. The highest BCUT2D eigenvalue weighted by atomic mass is 35.5. The largest absolute Gasteiger partial charge is 0.482 e. The van der Waals surface area contributed by atoms with Gasteiger partial charge >= 0.3 is 0 Å². The quantitative estimate of drug-likeness (QED) is 0.412. The van der Waals surface area contributed by atoms with E-state index >= 15 is 0 Å². The summed E-state index contributed by atoms with van der Waals surface area (Å²) in [6, 6.07) is 11.8. The second kappa shape index (κ2) is 8.73. The Morgan fingerprint density at radius 2 is 1.96 bits per heavy atom. The van der Waals surface area contributed by atoms with E-state index in [1.807, 2.05) is 30.5 Å². The highest BCUT2D eigenvalue weighted by Gasteiger charge is 2.14. The first-order valence-electron chi connectivity index (χ1n) is 7.34. The zero-order chi connectivity index (χ0) is 18.4. The van der Waals surface area contributed by atoms with Crippen molar-refractivity contribution in [3.8, 4) is 5.75 Å². The molecule has 0 bridgehead atoms. The topological polar surface area (TPSA) is 72.7 Å². The SMILES string of the molecule is CSc1ccc(CN(C)C(=O)COc2ccc([N+](=O)[O-])cc2Cl)cc1. The van der Waals surface area contributed by atoms with Crippen LogP contribution in [0.5, 0.6) is 5.75 Å². The summed E-state index contributed by atoms with van der Waals surface area (Å²) in [7, 11) is 1.69. The minimum absolute atomic E-state index is 0.0947. The zero-order valence-electron chi connectivity index (χ0n) is 13.8. The molecule has 132 valence electrons. The Hall–Kier alpha value is -2.25. The van der Waals surface area contributed by atoms with Crippen LogP contribution in [0.4, 0.5) is 5.69 Å². The van der Waals surface area contributed by atoms with Gasteiger partial charge < -0.3 is 9.64 Å². The number of carbonyl (C=O) groups is 1. The fraction of sp³-hybridized carbons (Fsp3) is 0.235. The highest BCUT2D eigenvalue weighted by molar-refractivity contribution is 7.98. The number of amides is 1. The van der Waals surface area contributed by atoms with Gasteiger partial charge in [0.05, 0.1) is 9.95 Å². The number of nitro benzene ring substituents is 1.